The standard InChI is InChI=1S/C12H12BrN3O3S/c1-16-7-9(3-5-12(16)17)15-20(18,19)11-4-2-8(14)6-10(11)13/h2-7,15H,14H2,1H3. The van der Waals surface area contributed by atoms with Gasteiger partial charge < -0.3 is 10.3 Å². The van der Waals surface area contributed by atoms with Crippen molar-refractivity contribution < 1.29 is 8.42 Å². The van der Waals surface area contributed by atoms with E-state index in [1.165, 1.54) is 41.1 Å². The highest BCUT2D eigenvalue weighted by molar-refractivity contribution is 9.10. The number of pyridine rings is 1. The van der Waals surface area contributed by atoms with Crippen molar-refractivity contribution in [2.75, 3.05) is 10.5 Å². The van der Waals surface area contributed by atoms with Gasteiger partial charge in [0, 0.05) is 29.5 Å². The second kappa shape index (κ2) is 5.29. The molecule has 20 heavy (non-hydrogen) atoms. The van der Waals surface area contributed by atoms with Gasteiger partial charge in [-0.2, -0.15) is 0 Å². The third-order valence-electron chi connectivity index (χ3n) is 2.58. The highest BCUT2D eigenvalue weighted by Gasteiger charge is 2.18. The third kappa shape index (κ3) is 3.02. The minimum atomic E-state index is -3.76. The van der Waals surface area contributed by atoms with Gasteiger partial charge in [0.05, 0.1) is 5.69 Å². The van der Waals surface area contributed by atoms with E-state index in [0.29, 0.717) is 15.8 Å². The number of nitrogens with two attached hydrogens (primary N) is 1. The Morgan fingerprint density at radius 3 is 2.55 bits per heavy atom. The predicted molar refractivity (Wildman–Crippen MR) is 81.0 cm³/mol. The fraction of sp³-hybridized carbons (Fsp3) is 0.0833. The molecule has 0 saturated carbocycles. The average molecular weight is 358 g/mol. The summed E-state index contributed by atoms with van der Waals surface area (Å²) < 4.78 is 28.6. The second-order valence-corrected chi connectivity index (χ2v) is 6.67. The zero-order valence-electron chi connectivity index (χ0n) is 10.5. The smallest absolute Gasteiger partial charge is 0.263 e. The van der Waals surface area contributed by atoms with E-state index < -0.39 is 10.0 Å². The highest BCUT2D eigenvalue weighted by atomic mass is 79.9. The fourth-order valence-corrected chi connectivity index (χ4v) is 3.74. The van der Waals surface area contributed by atoms with Crippen LogP contribution in [0.3, 0.4) is 0 Å². The summed E-state index contributed by atoms with van der Waals surface area (Å²) in [6.07, 6.45) is 1.41. The zero-order valence-corrected chi connectivity index (χ0v) is 12.9. The molecule has 1 heterocycles. The van der Waals surface area contributed by atoms with E-state index in [9.17, 15) is 13.2 Å². The summed E-state index contributed by atoms with van der Waals surface area (Å²) in [7, 11) is -2.22. The van der Waals surface area contributed by atoms with Gasteiger partial charge >= 0.3 is 0 Å². The number of hydrogen-bond donors (Lipinski definition) is 2. The van der Waals surface area contributed by atoms with Crippen LogP contribution in [0.2, 0.25) is 0 Å². The maximum absolute atomic E-state index is 12.3. The minimum Gasteiger partial charge on any atom is -0.399 e. The summed E-state index contributed by atoms with van der Waals surface area (Å²) in [5, 5.41) is 0. The zero-order chi connectivity index (χ0) is 14.9. The van der Waals surface area contributed by atoms with Gasteiger partial charge in [-0.15, -0.1) is 0 Å². The topological polar surface area (TPSA) is 94.2 Å². The number of rotatable bonds is 3. The van der Waals surface area contributed by atoms with E-state index in [4.69, 9.17) is 5.73 Å². The largest absolute Gasteiger partial charge is 0.399 e. The Morgan fingerprint density at radius 2 is 1.95 bits per heavy atom. The van der Waals surface area contributed by atoms with Crippen LogP contribution in [0.15, 0.2) is 50.7 Å². The molecule has 2 rings (SSSR count). The molecule has 106 valence electrons. The summed E-state index contributed by atoms with van der Waals surface area (Å²) in [4.78, 5) is 11.3. The molecule has 0 fully saturated rings. The molecular weight excluding hydrogens is 346 g/mol. The third-order valence-corrected chi connectivity index (χ3v) is 4.94. The molecular formula is C12H12BrN3O3S. The van der Waals surface area contributed by atoms with Crippen molar-refractivity contribution >= 4 is 37.3 Å². The summed E-state index contributed by atoms with van der Waals surface area (Å²) in [5.74, 6) is 0. The number of aromatic nitrogens is 1. The number of nitrogen functional groups attached to an aromatic ring is 1. The number of nitrogens with zero attached hydrogens (tertiary/aromatic N) is 1. The van der Waals surface area contributed by atoms with Crippen molar-refractivity contribution in [1.29, 1.82) is 0 Å². The van der Waals surface area contributed by atoms with Crippen LogP contribution < -0.4 is 16.0 Å². The molecule has 0 saturated heterocycles. The molecule has 0 aliphatic rings. The summed E-state index contributed by atoms with van der Waals surface area (Å²) in [6.45, 7) is 0. The van der Waals surface area contributed by atoms with Gasteiger partial charge in [-0.25, -0.2) is 8.42 Å². The minimum absolute atomic E-state index is 0.0700. The molecule has 3 N–H and O–H groups in total. The van der Waals surface area contributed by atoms with Crippen LogP contribution in [0.4, 0.5) is 11.4 Å². The van der Waals surface area contributed by atoms with Crippen molar-refractivity contribution in [3.63, 3.8) is 0 Å². The molecule has 1 aromatic heterocycles. The number of benzene rings is 1. The maximum atomic E-state index is 12.3. The van der Waals surface area contributed by atoms with Crippen LogP contribution in [0.25, 0.3) is 0 Å². The lowest BCUT2D eigenvalue weighted by Gasteiger charge is -2.10. The van der Waals surface area contributed by atoms with Crippen LogP contribution in [0.5, 0.6) is 0 Å². The van der Waals surface area contributed by atoms with Crippen LogP contribution in [-0.4, -0.2) is 13.0 Å². The molecule has 0 spiro atoms. The quantitative estimate of drug-likeness (QED) is 0.814. The number of nitrogens with one attached hydrogen (secondary N) is 1. The first kappa shape index (κ1) is 14.6. The first-order chi connectivity index (χ1) is 9.29. The molecule has 0 bridgehead atoms. The maximum Gasteiger partial charge on any atom is 0.263 e. The Labute approximate surface area is 124 Å². The normalized spacial score (nSPS) is 11.3. The molecule has 0 radical (unpaired) electrons. The lowest BCUT2D eigenvalue weighted by molar-refractivity contribution is 0.600. The van der Waals surface area contributed by atoms with Gasteiger partial charge in [0.1, 0.15) is 4.90 Å². The van der Waals surface area contributed by atoms with Crippen molar-refractivity contribution in [3.8, 4) is 0 Å². The first-order valence-corrected chi connectivity index (χ1v) is 7.82. The number of anilines is 2. The van der Waals surface area contributed by atoms with Gasteiger partial charge in [-0.05, 0) is 40.2 Å². The number of sulfonamides is 1. The van der Waals surface area contributed by atoms with Gasteiger partial charge in [-0.1, -0.05) is 0 Å². The molecule has 0 aliphatic carbocycles. The Morgan fingerprint density at radius 1 is 1.25 bits per heavy atom. The monoisotopic (exact) mass is 357 g/mol. The SMILES string of the molecule is Cn1cc(NS(=O)(=O)c2ccc(N)cc2Br)ccc1=O. The van der Waals surface area contributed by atoms with Crippen molar-refractivity contribution in [2.24, 2.45) is 7.05 Å². The lowest BCUT2D eigenvalue weighted by atomic mass is 10.3. The Balaban J connectivity index is 2.40. The van der Waals surface area contributed by atoms with Crippen molar-refractivity contribution in [2.45, 2.75) is 4.90 Å². The molecule has 0 aliphatic heterocycles. The highest BCUT2D eigenvalue weighted by Crippen LogP contribution is 2.25. The van der Waals surface area contributed by atoms with Crippen molar-refractivity contribution in [1.82, 2.24) is 4.57 Å². The molecule has 8 heteroatoms. The van der Waals surface area contributed by atoms with Gasteiger partial charge in [0.15, 0.2) is 0 Å². The lowest BCUT2D eigenvalue weighted by Crippen LogP contribution is -2.18. The number of halogens is 1. The Hall–Kier alpha value is -1.80. The summed E-state index contributed by atoms with van der Waals surface area (Å²) >= 11 is 3.17. The fourth-order valence-electron chi connectivity index (χ4n) is 1.60. The van der Waals surface area contributed by atoms with Gasteiger partial charge in [-0.3, -0.25) is 9.52 Å². The van der Waals surface area contributed by atoms with Crippen LogP contribution in [0, 0.1) is 0 Å². The van der Waals surface area contributed by atoms with Gasteiger partial charge in [0.25, 0.3) is 10.0 Å². The van der Waals surface area contributed by atoms with E-state index in [1.54, 1.807) is 7.05 Å². The molecule has 0 amide bonds. The number of hydrogen-bond acceptors (Lipinski definition) is 4. The van der Waals surface area contributed by atoms with E-state index in [1.807, 2.05) is 0 Å². The molecule has 6 nitrogen and oxygen atoms in total. The van der Waals surface area contributed by atoms with E-state index in [2.05, 4.69) is 20.7 Å². The molecule has 0 unspecified atom stereocenters. The van der Waals surface area contributed by atoms with Crippen molar-refractivity contribution in [3.05, 3.63) is 51.4 Å². The molecule has 0 atom stereocenters. The van der Waals surface area contributed by atoms with E-state index in [0.717, 1.165) is 0 Å². The predicted octanol–water partition coefficient (Wildman–Crippen LogP) is 1.53. The molecule has 2 aromatic rings. The average Bonchev–Trinajstić information content (AvgIpc) is 2.33. The number of aryl methyl sites for hydroxylation is 1. The molecule has 1 aromatic carbocycles. The second-order valence-electron chi connectivity index (χ2n) is 4.16. The summed E-state index contributed by atoms with van der Waals surface area (Å²) in [5.41, 5.74) is 6.11. The van der Waals surface area contributed by atoms with E-state index in [-0.39, 0.29) is 10.5 Å². The van der Waals surface area contributed by atoms with E-state index >= 15 is 0 Å². The van der Waals surface area contributed by atoms with Crippen LogP contribution in [0.1, 0.15) is 0 Å². The Kier molecular flexibility index (Phi) is 3.87. The van der Waals surface area contributed by atoms with Gasteiger partial charge in [0.2, 0.25) is 5.56 Å². The summed E-state index contributed by atoms with van der Waals surface area (Å²) in [6, 6.07) is 7.11. The Bertz CT molecular complexity index is 815. The van der Waals surface area contributed by atoms with Crippen LogP contribution in [-0.2, 0) is 17.1 Å². The first-order valence-electron chi connectivity index (χ1n) is 5.54. The van der Waals surface area contributed by atoms with Crippen LogP contribution >= 0.6 is 15.9 Å².